The molecule has 0 radical (unpaired) electrons. The van der Waals surface area contributed by atoms with Gasteiger partial charge in [-0.1, -0.05) is 62.4 Å². The lowest BCUT2D eigenvalue weighted by molar-refractivity contribution is -0.670. The van der Waals surface area contributed by atoms with Gasteiger partial charge in [-0.3, -0.25) is 14.6 Å². The van der Waals surface area contributed by atoms with Gasteiger partial charge in [-0.05, 0) is 41.8 Å². The summed E-state index contributed by atoms with van der Waals surface area (Å²) in [5.41, 5.74) is 10.2. The van der Waals surface area contributed by atoms with Gasteiger partial charge in [0.25, 0.3) is 0 Å². The minimum Gasteiger partial charge on any atom is -0.394 e. The van der Waals surface area contributed by atoms with Crippen LogP contribution in [0.25, 0.3) is 22.0 Å². The molecular formula is C29H30FN4O3+. The molecule has 0 unspecified atom stereocenters. The van der Waals surface area contributed by atoms with E-state index in [2.05, 4.69) is 16.2 Å². The zero-order valence-corrected chi connectivity index (χ0v) is 20.8. The van der Waals surface area contributed by atoms with Gasteiger partial charge in [-0.2, -0.15) is 0 Å². The van der Waals surface area contributed by atoms with Crippen LogP contribution in [-0.2, 0) is 6.42 Å². The van der Waals surface area contributed by atoms with E-state index in [0.717, 1.165) is 16.7 Å². The molecule has 0 aliphatic heterocycles. The Kier molecular flexibility index (Phi) is 9.21. The molecule has 0 amide bonds. The van der Waals surface area contributed by atoms with Gasteiger partial charge in [0.1, 0.15) is 17.2 Å². The molecule has 8 heteroatoms. The van der Waals surface area contributed by atoms with Crippen LogP contribution in [0.15, 0.2) is 90.4 Å². The lowest BCUT2D eigenvalue weighted by Gasteiger charge is -2.19. The number of hydrogen-bond acceptors (Lipinski definition) is 6. The standard InChI is InChI=1S/C27H20FN3O2.C2H6.H4NO/c28-22-12-11-18(24-21(22)6-3-14-30-24)17-9-7-16(8-10-17)13-15-31-25-23(29)26(32)19-4-1-2-5-20(19)27(25)33;2*1-2/h1-12,14,31H,13,15,29H2;1-2H3;2H,1H3/q;;+1. The molecule has 1 aromatic heterocycles. The van der Waals surface area contributed by atoms with E-state index in [1.54, 1.807) is 48.7 Å². The molecule has 190 valence electrons. The summed E-state index contributed by atoms with van der Waals surface area (Å²) in [6, 6.07) is 21.2. The van der Waals surface area contributed by atoms with Crippen molar-refractivity contribution in [1.29, 1.82) is 0 Å². The highest BCUT2D eigenvalue weighted by molar-refractivity contribution is 6.26. The number of nitrogens with zero attached hydrogens (tertiary/aromatic N) is 1. The van der Waals surface area contributed by atoms with Crippen molar-refractivity contribution >= 4 is 22.5 Å². The van der Waals surface area contributed by atoms with Crippen molar-refractivity contribution < 1.29 is 25.1 Å². The fourth-order valence-corrected chi connectivity index (χ4v) is 4.12. The Bertz CT molecular complexity index is 1450. The van der Waals surface area contributed by atoms with Gasteiger partial charge >= 0.3 is 0 Å². The van der Waals surface area contributed by atoms with Crippen molar-refractivity contribution in [1.82, 2.24) is 10.3 Å². The van der Waals surface area contributed by atoms with Crippen LogP contribution in [0.4, 0.5) is 4.39 Å². The highest BCUT2D eigenvalue weighted by Gasteiger charge is 2.30. The molecule has 1 aliphatic rings. The summed E-state index contributed by atoms with van der Waals surface area (Å²) in [4.78, 5) is 29.6. The molecular weight excluding hydrogens is 471 g/mol. The Morgan fingerprint density at radius 1 is 0.865 bits per heavy atom. The third kappa shape index (κ3) is 5.55. The Labute approximate surface area is 214 Å². The first kappa shape index (κ1) is 27.2. The normalized spacial score (nSPS) is 12.2. The van der Waals surface area contributed by atoms with Gasteiger partial charge < -0.3 is 11.1 Å². The molecule has 7 nitrogen and oxygen atoms in total. The number of halogens is 1. The minimum atomic E-state index is -0.336. The average Bonchev–Trinajstić information content (AvgIpc) is 2.96. The van der Waals surface area contributed by atoms with Crippen LogP contribution in [-0.4, -0.2) is 28.3 Å². The number of aromatic nitrogens is 1. The Morgan fingerprint density at radius 3 is 2.19 bits per heavy atom. The fraction of sp³-hybridized carbons (Fsp3) is 0.138. The van der Waals surface area contributed by atoms with Crippen LogP contribution in [0, 0.1) is 5.82 Å². The molecule has 0 saturated heterocycles. The summed E-state index contributed by atoms with van der Waals surface area (Å²) >= 11 is 0. The van der Waals surface area contributed by atoms with Gasteiger partial charge in [0.15, 0.2) is 0 Å². The van der Waals surface area contributed by atoms with Crippen molar-refractivity contribution in [2.24, 2.45) is 5.73 Å². The van der Waals surface area contributed by atoms with Gasteiger partial charge in [0.05, 0.1) is 5.52 Å². The number of fused-ring (bicyclic) bond motifs is 2. The molecule has 0 fully saturated rings. The number of nitrogens with one attached hydrogen (secondary N) is 1. The predicted octanol–water partition coefficient (Wildman–Crippen LogP) is 4.07. The van der Waals surface area contributed by atoms with Crippen molar-refractivity contribution in [3.63, 3.8) is 0 Å². The van der Waals surface area contributed by atoms with E-state index in [1.807, 2.05) is 38.1 Å². The van der Waals surface area contributed by atoms with Crippen molar-refractivity contribution in [3.05, 3.63) is 113 Å². The lowest BCUT2D eigenvalue weighted by atomic mass is 9.90. The van der Waals surface area contributed by atoms with Crippen molar-refractivity contribution in [2.45, 2.75) is 20.3 Å². The molecule has 4 aromatic rings. The zero-order chi connectivity index (χ0) is 26.9. The summed E-state index contributed by atoms with van der Waals surface area (Å²) in [7, 11) is 0. The highest BCUT2D eigenvalue weighted by Crippen LogP contribution is 2.29. The minimum absolute atomic E-state index is 0.0512. The van der Waals surface area contributed by atoms with Gasteiger partial charge in [0.2, 0.25) is 11.6 Å². The van der Waals surface area contributed by atoms with Gasteiger partial charge in [0, 0.05) is 34.8 Å². The van der Waals surface area contributed by atoms with Crippen LogP contribution in [0.5, 0.6) is 0 Å². The first-order valence-corrected chi connectivity index (χ1v) is 11.9. The van der Waals surface area contributed by atoms with E-state index in [1.165, 1.54) is 6.07 Å². The molecule has 1 heterocycles. The maximum Gasteiger partial charge on any atom is 0.211 e. The third-order valence-electron chi connectivity index (χ3n) is 5.85. The number of quaternary nitrogens is 1. The summed E-state index contributed by atoms with van der Waals surface area (Å²) in [5.74, 6) is 1.35. The molecule has 5 rings (SSSR count). The number of rotatable bonds is 5. The monoisotopic (exact) mass is 501 g/mol. The number of hydrogen-bond donors (Lipinski definition) is 4. The number of benzene rings is 3. The smallest absolute Gasteiger partial charge is 0.211 e. The Morgan fingerprint density at radius 2 is 1.51 bits per heavy atom. The van der Waals surface area contributed by atoms with E-state index in [0.29, 0.717) is 35.0 Å². The van der Waals surface area contributed by atoms with E-state index in [-0.39, 0.29) is 28.8 Å². The van der Waals surface area contributed by atoms with E-state index >= 15 is 0 Å². The SMILES string of the molecule is CC.NC1=C(NCCc2ccc(-c3ccc(F)c4cccnc34)cc2)C(=O)c2ccccc2C1=O.[NH3+]O. The second-order valence-corrected chi connectivity index (χ2v) is 7.86. The van der Waals surface area contributed by atoms with Crippen LogP contribution in [0.3, 0.4) is 0 Å². The van der Waals surface area contributed by atoms with Crippen LogP contribution >= 0.6 is 0 Å². The predicted molar refractivity (Wildman–Crippen MR) is 141 cm³/mol. The van der Waals surface area contributed by atoms with Crippen LogP contribution in [0.1, 0.15) is 40.1 Å². The maximum atomic E-state index is 14.1. The largest absolute Gasteiger partial charge is 0.394 e. The summed E-state index contributed by atoms with van der Waals surface area (Å²) < 4.78 is 14.1. The second-order valence-electron chi connectivity index (χ2n) is 7.86. The number of carbonyl (C=O) groups is 2. The third-order valence-corrected chi connectivity index (χ3v) is 5.85. The van der Waals surface area contributed by atoms with Crippen molar-refractivity contribution in [2.75, 3.05) is 6.54 Å². The quantitative estimate of drug-likeness (QED) is 0.305. The fourth-order valence-electron chi connectivity index (χ4n) is 4.12. The van der Waals surface area contributed by atoms with Crippen LogP contribution in [0.2, 0.25) is 0 Å². The van der Waals surface area contributed by atoms with E-state index in [9.17, 15) is 14.0 Å². The van der Waals surface area contributed by atoms with E-state index in [4.69, 9.17) is 10.9 Å². The number of carbonyl (C=O) groups excluding carboxylic acids is 2. The van der Waals surface area contributed by atoms with Gasteiger partial charge in [-0.25, -0.2) is 15.5 Å². The van der Waals surface area contributed by atoms with Crippen LogP contribution < -0.4 is 16.9 Å². The summed E-state index contributed by atoms with van der Waals surface area (Å²) in [5, 5.41) is 10.3. The summed E-state index contributed by atoms with van der Waals surface area (Å²) in [6.07, 6.45) is 2.28. The Hall–Kier alpha value is -4.40. The lowest BCUT2D eigenvalue weighted by Crippen LogP contribution is -2.42. The first-order valence-electron chi connectivity index (χ1n) is 11.9. The topological polar surface area (TPSA) is 133 Å². The number of allylic oxidation sites excluding steroid dienone is 2. The first-order chi connectivity index (χ1) is 18.0. The molecule has 3 aromatic carbocycles. The Balaban J connectivity index is 0.000000907. The molecule has 0 spiro atoms. The number of pyridine rings is 1. The average molecular weight is 502 g/mol. The molecule has 0 bridgehead atoms. The zero-order valence-electron chi connectivity index (χ0n) is 20.8. The number of ketones is 2. The highest BCUT2D eigenvalue weighted by atomic mass is 19.1. The molecule has 37 heavy (non-hydrogen) atoms. The number of nitrogens with two attached hydrogens (primary N) is 1. The molecule has 7 N–H and O–H groups in total. The second kappa shape index (κ2) is 12.5. The van der Waals surface area contributed by atoms with E-state index < -0.39 is 0 Å². The summed E-state index contributed by atoms with van der Waals surface area (Å²) in [6.45, 7) is 4.44. The van der Waals surface area contributed by atoms with Gasteiger partial charge in [-0.15, -0.1) is 0 Å². The molecule has 0 atom stereocenters. The molecule has 1 aliphatic carbocycles. The maximum absolute atomic E-state index is 14.1. The van der Waals surface area contributed by atoms with Crippen molar-refractivity contribution in [3.8, 4) is 11.1 Å². The molecule has 0 saturated carbocycles. The number of Topliss-reactive ketones (excluding diaryl/α,β-unsaturated/α-hetero) is 2.